The summed E-state index contributed by atoms with van der Waals surface area (Å²) in [4.78, 5) is 1.34. The van der Waals surface area contributed by atoms with E-state index in [1.165, 1.54) is 4.80 Å². The summed E-state index contributed by atoms with van der Waals surface area (Å²) in [6.07, 6.45) is 5.56. The molecule has 2 rings (SSSR count). The lowest BCUT2D eigenvalue weighted by atomic mass is 10.3. The minimum Gasteiger partial charge on any atom is -0.204 e. The Morgan fingerprint density at radius 1 is 1.20 bits per heavy atom. The zero-order chi connectivity index (χ0) is 10.8. The van der Waals surface area contributed by atoms with E-state index < -0.39 is 11.6 Å². The lowest BCUT2D eigenvalue weighted by molar-refractivity contribution is 0.510. The summed E-state index contributed by atoms with van der Waals surface area (Å²) in [7, 11) is 0. The van der Waals surface area contributed by atoms with Crippen LogP contribution in [-0.2, 0) is 6.54 Å². The summed E-state index contributed by atoms with van der Waals surface area (Å²) in [5.41, 5.74) is 0.650. The zero-order valence-corrected chi connectivity index (χ0v) is 7.74. The van der Waals surface area contributed by atoms with Crippen LogP contribution in [0.5, 0.6) is 0 Å². The lowest BCUT2D eigenvalue weighted by Gasteiger charge is -1.90. The maximum absolute atomic E-state index is 12.8. The maximum atomic E-state index is 12.8. The average Bonchev–Trinajstić information content (AvgIpc) is 2.58. The summed E-state index contributed by atoms with van der Waals surface area (Å²) >= 11 is 0. The summed E-state index contributed by atoms with van der Waals surface area (Å²) in [5, 5.41) is 7.91. The van der Waals surface area contributed by atoms with Gasteiger partial charge in [0.15, 0.2) is 11.6 Å². The van der Waals surface area contributed by atoms with Gasteiger partial charge in [-0.25, -0.2) is 8.78 Å². The first-order chi connectivity index (χ1) is 7.20. The number of fused-ring (bicyclic) bond motifs is 1. The van der Waals surface area contributed by atoms with Crippen LogP contribution in [0.15, 0.2) is 12.1 Å². The van der Waals surface area contributed by atoms with Gasteiger partial charge < -0.3 is 0 Å². The number of aromatic nitrogens is 3. The fraction of sp³-hybridized carbons (Fsp3) is 0.200. The molecule has 76 valence electrons. The van der Waals surface area contributed by atoms with Crippen molar-refractivity contribution < 1.29 is 8.78 Å². The molecule has 0 saturated carbocycles. The Bertz CT molecular complexity index is 500. The SMILES string of the molecule is C#CCCn1nc2cc(F)c(F)cc2n1. The van der Waals surface area contributed by atoms with E-state index in [4.69, 9.17) is 6.42 Å². The number of hydrogen-bond acceptors (Lipinski definition) is 2. The summed E-state index contributed by atoms with van der Waals surface area (Å²) < 4.78 is 25.7. The first-order valence-corrected chi connectivity index (χ1v) is 4.34. The van der Waals surface area contributed by atoms with E-state index in [2.05, 4.69) is 16.1 Å². The highest BCUT2D eigenvalue weighted by Crippen LogP contribution is 2.14. The second-order valence-electron chi connectivity index (χ2n) is 3.01. The molecule has 1 aromatic heterocycles. The molecule has 1 aromatic carbocycles. The molecule has 0 unspecified atom stereocenters. The molecule has 0 bridgehead atoms. The van der Waals surface area contributed by atoms with Crippen LogP contribution < -0.4 is 0 Å². The van der Waals surface area contributed by atoms with Crippen LogP contribution in [-0.4, -0.2) is 15.0 Å². The van der Waals surface area contributed by atoms with Gasteiger partial charge in [-0.1, -0.05) is 0 Å². The van der Waals surface area contributed by atoms with Crippen LogP contribution >= 0.6 is 0 Å². The van der Waals surface area contributed by atoms with Crippen molar-refractivity contribution in [3.05, 3.63) is 23.8 Å². The molecular formula is C10H7F2N3. The van der Waals surface area contributed by atoms with Gasteiger partial charge in [0, 0.05) is 18.6 Å². The number of nitrogens with zero attached hydrogens (tertiary/aromatic N) is 3. The summed E-state index contributed by atoms with van der Waals surface area (Å²) in [5.74, 6) is 0.585. The Kier molecular flexibility index (Phi) is 2.34. The smallest absolute Gasteiger partial charge is 0.161 e. The van der Waals surface area contributed by atoms with Crippen LogP contribution in [0.4, 0.5) is 8.78 Å². The van der Waals surface area contributed by atoms with E-state index in [1.807, 2.05) is 0 Å². The molecule has 15 heavy (non-hydrogen) atoms. The van der Waals surface area contributed by atoms with Gasteiger partial charge in [-0.2, -0.15) is 15.0 Å². The number of benzene rings is 1. The number of aryl methyl sites for hydroxylation is 1. The fourth-order valence-corrected chi connectivity index (χ4v) is 1.22. The zero-order valence-electron chi connectivity index (χ0n) is 7.74. The lowest BCUT2D eigenvalue weighted by Crippen LogP contribution is -2.00. The standard InChI is InChI=1S/C10H7F2N3/c1-2-3-4-15-13-9-5-7(11)8(12)6-10(9)14-15/h1,5-6H,3-4H2. The number of halogens is 2. The molecule has 2 aromatic rings. The minimum absolute atomic E-state index is 0.325. The molecule has 3 nitrogen and oxygen atoms in total. The number of terminal acetylenes is 1. The molecule has 0 aliphatic heterocycles. The third-order valence-electron chi connectivity index (χ3n) is 1.92. The Balaban J connectivity index is 2.43. The average molecular weight is 207 g/mol. The first-order valence-electron chi connectivity index (χ1n) is 4.34. The molecule has 0 saturated heterocycles. The highest BCUT2D eigenvalue weighted by molar-refractivity contribution is 5.73. The van der Waals surface area contributed by atoms with E-state index >= 15 is 0 Å². The van der Waals surface area contributed by atoms with E-state index in [-0.39, 0.29) is 0 Å². The second kappa shape index (κ2) is 3.65. The number of hydrogen-bond donors (Lipinski definition) is 0. The Morgan fingerprint density at radius 2 is 1.73 bits per heavy atom. The summed E-state index contributed by atoms with van der Waals surface area (Å²) in [6.45, 7) is 0.439. The fourth-order valence-electron chi connectivity index (χ4n) is 1.22. The molecule has 0 radical (unpaired) electrons. The molecule has 0 amide bonds. The van der Waals surface area contributed by atoms with Gasteiger partial charge in [-0.05, 0) is 0 Å². The van der Waals surface area contributed by atoms with Gasteiger partial charge in [0.25, 0.3) is 0 Å². The van der Waals surface area contributed by atoms with Crippen molar-refractivity contribution in [2.75, 3.05) is 0 Å². The van der Waals surface area contributed by atoms with Crippen molar-refractivity contribution in [2.45, 2.75) is 13.0 Å². The highest BCUT2D eigenvalue weighted by Gasteiger charge is 2.08. The monoisotopic (exact) mass is 207 g/mol. The van der Waals surface area contributed by atoms with E-state index in [0.717, 1.165) is 12.1 Å². The topological polar surface area (TPSA) is 30.7 Å². The van der Waals surface area contributed by atoms with Crippen molar-refractivity contribution in [1.82, 2.24) is 15.0 Å². The Morgan fingerprint density at radius 3 is 2.20 bits per heavy atom. The number of rotatable bonds is 2. The molecular weight excluding hydrogens is 200 g/mol. The molecule has 1 heterocycles. The van der Waals surface area contributed by atoms with E-state index in [0.29, 0.717) is 24.0 Å². The van der Waals surface area contributed by atoms with Crippen LogP contribution in [0, 0.1) is 24.0 Å². The second-order valence-corrected chi connectivity index (χ2v) is 3.01. The third kappa shape index (κ3) is 1.79. The highest BCUT2D eigenvalue weighted by atomic mass is 19.2. The van der Waals surface area contributed by atoms with Gasteiger partial charge in [0.1, 0.15) is 11.0 Å². The predicted molar refractivity (Wildman–Crippen MR) is 50.9 cm³/mol. The Hall–Kier alpha value is -1.96. The Labute approximate surface area is 84.7 Å². The van der Waals surface area contributed by atoms with Gasteiger partial charge in [0.2, 0.25) is 0 Å². The van der Waals surface area contributed by atoms with Gasteiger partial charge in [0.05, 0.1) is 6.54 Å². The predicted octanol–water partition coefficient (Wildman–Crippen LogP) is 1.73. The van der Waals surface area contributed by atoms with E-state index in [1.54, 1.807) is 0 Å². The van der Waals surface area contributed by atoms with Crippen molar-refractivity contribution >= 4 is 11.0 Å². The maximum Gasteiger partial charge on any atom is 0.161 e. The van der Waals surface area contributed by atoms with Crippen molar-refractivity contribution in [3.8, 4) is 12.3 Å². The summed E-state index contributed by atoms with van der Waals surface area (Å²) in [6, 6.07) is 2.04. The van der Waals surface area contributed by atoms with Crippen LogP contribution in [0.3, 0.4) is 0 Å². The van der Waals surface area contributed by atoms with Crippen molar-refractivity contribution in [2.24, 2.45) is 0 Å². The van der Waals surface area contributed by atoms with Crippen LogP contribution in [0.25, 0.3) is 11.0 Å². The van der Waals surface area contributed by atoms with Gasteiger partial charge >= 0.3 is 0 Å². The molecule has 5 heteroatoms. The molecule has 0 atom stereocenters. The van der Waals surface area contributed by atoms with Crippen molar-refractivity contribution in [3.63, 3.8) is 0 Å². The van der Waals surface area contributed by atoms with Crippen LogP contribution in [0.2, 0.25) is 0 Å². The molecule has 0 fully saturated rings. The minimum atomic E-state index is -0.925. The largest absolute Gasteiger partial charge is 0.204 e. The van der Waals surface area contributed by atoms with Gasteiger partial charge in [-0.15, -0.1) is 12.3 Å². The first kappa shape index (κ1) is 9.59. The van der Waals surface area contributed by atoms with Crippen LogP contribution in [0.1, 0.15) is 6.42 Å². The normalized spacial score (nSPS) is 10.5. The molecule has 0 N–H and O–H groups in total. The van der Waals surface area contributed by atoms with E-state index in [9.17, 15) is 8.78 Å². The third-order valence-corrected chi connectivity index (χ3v) is 1.92. The van der Waals surface area contributed by atoms with Crippen molar-refractivity contribution in [1.29, 1.82) is 0 Å². The van der Waals surface area contributed by atoms with Gasteiger partial charge in [-0.3, -0.25) is 0 Å². The molecule has 0 aliphatic rings. The molecule has 0 spiro atoms. The quantitative estimate of drug-likeness (QED) is 0.702. The molecule has 0 aliphatic carbocycles.